The minimum atomic E-state index is -0.466. The van der Waals surface area contributed by atoms with E-state index in [0.717, 1.165) is 29.0 Å². The third kappa shape index (κ3) is 4.11. The lowest BCUT2D eigenvalue weighted by Gasteiger charge is -2.28. The zero-order valence-corrected chi connectivity index (χ0v) is 17.4. The van der Waals surface area contributed by atoms with Gasteiger partial charge < -0.3 is 19.0 Å². The maximum Gasteiger partial charge on any atom is 0.340 e. The minimum absolute atomic E-state index is 0.134. The van der Waals surface area contributed by atoms with E-state index in [9.17, 15) is 9.59 Å². The number of nitrogens with one attached hydrogen (secondary N) is 1. The molecule has 2 fully saturated rings. The van der Waals surface area contributed by atoms with Crippen molar-refractivity contribution < 1.29 is 18.7 Å². The molecule has 0 aliphatic heterocycles. The zero-order chi connectivity index (χ0) is 20.5. The lowest BCUT2D eigenvalue weighted by molar-refractivity contribution is -0.125. The van der Waals surface area contributed by atoms with Crippen LogP contribution in [0.15, 0.2) is 28.9 Å². The fourth-order valence-corrected chi connectivity index (χ4v) is 5.33. The first-order valence-corrected chi connectivity index (χ1v) is 10.6. The normalized spacial score (nSPS) is 23.9. The highest BCUT2D eigenvalue weighted by molar-refractivity contribution is 5.92. The third-order valence-corrected chi connectivity index (χ3v) is 6.85. The van der Waals surface area contributed by atoms with Crippen LogP contribution in [-0.4, -0.2) is 29.1 Å². The van der Waals surface area contributed by atoms with Gasteiger partial charge >= 0.3 is 5.97 Å². The molecule has 6 nitrogen and oxygen atoms in total. The molecule has 2 bridgehead atoms. The number of fused-ring (bicyclic) bond motifs is 2. The van der Waals surface area contributed by atoms with E-state index in [1.807, 2.05) is 30.5 Å². The molecule has 4 atom stereocenters. The molecule has 0 aromatic carbocycles. The molecular formula is C23H30N2O4. The Morgan fingerprint density at radius 1 is 1.31 bits per heavy atom. The van der Waals surface area contributed by atoms with Crippen LogP contribution in [0.3, 0.4) is 0 Å². The Hall–Kier alpha value is -2.50. The molecule has 2 saturated carbocycles. The van der Waals surface area contributed by atoms with Crippen molar-refractivity contribution in [3.8, 4) is 0 Å². The molecule has 1 amide bonds. The summed E-state index contributed by atoms with van der Waals surface area (Å²) in [5.74, 6) is 2.29. The Morgan fingerprint density at radius 2 is 2.14 bits per heavy atom. The molecule has 2 aromatic rings. The Bertz CT molecular complexity index is 883. The lowest BCUT2D eigenvalue weighted by atomic mass is 9.84. The summed E-state index contributed by atoms with van der Waals surface area (Å²) in [6, 6.07) is 5.68. The van der Waals surface area contributed by atoms with Crippen LogP contribution in [-0.2, 0) is 16.1 Å². The number of aromatic nitrogens is 1. The first-order chi connectivity index (χ1) is 13.9. The molecule has 0 spiro atoms. The number of nitrogens with zero attached hydrogens (tertiary/aromatic N) is 1. The van der Waals surface area contributed by atoms with Crippen molar-refractivity contribution in [3.63, 3.8) is 0 Å². The van der Waals surface area contributed by atoms with Crippen molar-refractivity contribution in [2.75, 3.05) is 6.61 Å². The summed E-state index contributed by atoms with van der Waals surface area (Å²) in [7, 11) is 0. The number of furan rings is 1. The van der Waals surface area contributed by atoms with Crippen molar-refractivity contribution in [2.45, 2.75) is 59.0 Å². The molecule has 156 valence electrons. The Morgan fingerprint density at radius 3 is 2.79 bits per heavy atom. The van der Waals surface area contributed by atoms with E-state index in [4.69, 9.17) is 9.15 Å². The molecule has 2 aliphatic carbocycles. The number of hydrogen-bond acceptors (Lipinski definition) is 4. The summed E-state index contributed by atoms with van der Waals surface area (Å²) in [5.41, 5.74) is 2.24. The van der Waals surface area contributed by atoms with E-state index in [-0.39, 0.29) is 18.6 Å². The molecule has 2 heterocycles. The number of rotatable bonds is 7. The second-order valence-corrected chi connectivity index (χ2v) is 8.72. The van der Waals surface area contributed by atoms with Crippen molar-refractivity contribution in [2.24, 2.45) is 17.8 Å². The first-order valence-electron chi connectivity index (χ1n) is 10.6. The van der Waals surface area contributed by atoms with E-state index >= 15 is 0 Å². The summed E-state index contributed by atoms with van der Waals surface area (Å²) < 4.78 is 12.7. The molecular weight excluding hydrogens is 368 g/mol. The second-order valence-electron chi connectivity index (χ2n) is 8.72. The monoisotopic (exact) mass is 398 g/mol. The van der Waals surface area contributed by atoms with E-state index in [1.165, 1.54) is 25.7 Å². The van der Waals surface area contributed by atoms with Crippen LogP contribution in [0.2, 0.25) is 0 Å². The van der Waals surface area contributed by atoms with Gasteiger partial charge in [-0.3, -0.25) is 4.79 Å². The summed E-state index contributed by atoms with van der Waals surface area (Å²) in [4.78, 5) is 24.9. The summed E-state index contributed by atoms with van der Waals surface area (Å²) >= 11 is 0. The van der Waals surface area contributed by atoms with Gasteiger partial charge in [0, 0.05) is 17.4 Å². The maximum atomic E-state index is 12.5. The van der Waals surface area contributed by atoms with Gasteiger partial charge in [-0.25, -0.2) is 4.79 Å². The van der Waals surface area contributed by atoms with Crippen molar-refractivity contribution >= 4 is 11.9 Å². The average Bonchev–Trinajstić information content (AvgIpc) is 3.48. The number of carbonyl (C=O) groups is 2. The Labute approximate surface area is 171 Å². The molecule has 6 heteroatoms. The number of carbonyl (C=O) groups excluding carboxylic acids is 2. The number of hydrogen-bond donors (Lipinski definition) is 1. The molecule has 4 rings (SSSR count). The molecule has 0 saturated heterocycles. The Balaban J connectivity index is 1.31. The standard InChI is InChI=1S/C23H30N2O4/c1-14-9-21(16(3)25(14)12-19-5-4-8-28-19)23(27)29-13-22(26)24-15(2)20-11-17-6-7-18(20)10-17/h4-5,8-9,15,17-18,20H,6-7,10-13H2,1-3H3,(H,24,26)/t15-,17+,18+,20-/m1/s1. The van der Waals surface area contributed by atoms with Gasteiger partial charge in [-0.1, -0.05) is 6.42 Å². The van der Waals surface area contributed by atoms with Crippen LogP contribution in [0.25, 0.3) is 0 Å². The van der Waals surface area contributed by atoms with Gasteiger partial charge in [0.15, 0.2) is 6.61 Å². The van der Waals surface area contributed by atoms with Crippen LogP contribution in [0.5, 0.6) is 0 Å². The summed E-state index contributed by atoms with van der Waals surface area (Å²) in [5, 5.41) is 3.04. The molecule has 0 unspecified atom stereocenters. The quantitative estimate of drug-likeness (QED) is 0.719. The van der Waals surface area contributed by atoms with Gasteiger partial charge in [0.1, 0.15) is 5.76 Å². The Kier molecular flexibility index (Phi) is 5.52. The van der Waals surface area contributed by atoms with Gasteiger partial charge in [0.25, 0.3) is 5.91 Å². The highest BCUT2D eigenvalue weighted by Crippen LogP contribution is 2.49. The van der Waals surface area contributed by atoms with Gasteiger partial charge in [-0.05, 0) is 76.0 Å². The molecule has 2 aromatic heterocycles. The molecule has 2 aliphatic rings. The van der Waals surface area contributed by atoms with Gasteiger partial charge in [-0.15, -0.1) is 0 Å². The lowest BCUT2D eigenvalue weighted by Crippen LogP contribution is -2.42. The van der Waals surface area contributed by atoms with Crippen LogP contribution < -0.4 is 5.32 Å². The molecule has 29 heavy (non-hydrogen) atoms. The SMILES string of the molecule is Cc1cc(C(=O)OCC(=O)N[C@H](C)[C@H]2C[C@H]3CC[C@H]2C3)c(C)n1Cc1ccco1. The van der Waals surface area contributed by atoms with Crippen molar-refractivity contribution in [1.82, 2.24) is 9.88 Å². The van der Waals surface area contributed by atoms with Crippen LogP contribution in [0, 0.1) is 31.6 Å². The topological polar surface area (TPSA) is 73.5 Å². The minimum Gasteiger partial charge on any atom is -0.467 e. The van der Waals surface area contributed by atoms with E-state index < -0.39 is 5.97 Å². The largest absolute Gasteiger partial charge is 0.467 e. The van der Waals surface area contributed by atoms with Gasteiger partial charge in [0.2, 0.25) is 0 Å². The zero-order valence-electron chi connectivity index (χ0n) is 17.4. The van der Waals surface area contributed by atoms with Gasteiger partial charge in [-0.2, -0.15) is 0 Å². The fraction of sp³-hybridized carbons (Fsp3) is 0.565. The highest BCUT2D eigenvalue weighted by atomic mass is 16.5. The number of amides is 1. The molecule has 1 N–H and O–H groups in total. The summed E-state index contributed by atoms with van der Waals surface area (Å²) in [6.07, 6.45) is 6.80. The maximum absolute atomic E-state index is 12.5. The van der Waals surface area contributed by atoms with Gasteiger partial charge in [0.05, 0.1) is 18.4 Å². The highest BCUT2D eigenvalue weighted by Gasteiger charge is 2.42. The average molecular weight is 399 g/mol. The third-order valence-electron chi connectivity index (χ3n) is 6.85. The molecule has 0 radical (unpaired) electrons. The number of ether oxygens (including phenoxy) is 1. The van der Waals surface area contributed by atoms with E-state index in [1.54, 1.807) is 12.3 Å². The van der Waals surface area contributed by atoms with Crippen LogP contribution in [0.1, 0.15) is 60.1 Å². The first kappa shape index (κ1) is 19.8. The predicted octanol–water partition coefficient (Wildman–Crippen LogP) is 3.84. The van der Waals surface area contributed by atoms with Crippen LogP contribution in [0.4, 0.5) is 0 Å². The van der Waals surface area contributed by atoms with E-state index in [0.29, 0.717) is 18.0 Å². The predicted molar refractivity (Wildman–Crippen MR) is 109 cm³/mol. The number of aryl methyl sites for hydroxylation is 1. The smallest absolute Gasteiger partial charge is 0.340 e. The number of esters is 1. The van der Waals surface area contributed by atoms with Crippen molar-refractivity contribution in [3.05, 3.63) is 47.2 Å². The van der Waals surface area contributed by atoms with E-state index in [2.05, 4.69) is 12.2 Å². The van der Waals surface area contributed by atoms with Crippen LogP contribution >= 0.6 is 0 Å². The van der Waals surface area contributed by atoms with Crippen molar-refractivity contribution in [1.29, 1.82) is 0 Å². The summed E-state index contributed by atoms with van der Waals surface area (Å²) in [6.45, 7) is 6.21. The second kappa shape index (κ2) is 8.09. The fourth-order valence-electron chi connectivity index (χ4n) is 5.33.